The first-order valence-electron chi connectivity index (χ1n) is 8.14. The van der Waals surface area contributed by atoms with Crippen LogP contribution < -0.4 is 4.90 Å². The Morgan fingerprint density at radius 2 is 1.92 bits per heavy atom. The second-order valence-electron chi connectivity index (χ2n) is 5.60. The summed E-state index contributed by atoms with van der Waals surface area (Å²) in [5, 5.41) is 9.68. The maximum Gasteiger partial charge on any atom is 0.416 e. The average Bonchev–Trinajstić information content (AvgIpc) is 2.59. The van der Waals surface area contributed by atoms with Crippen molar-refractivity contribution in [3.63, 3.8) is 0 Å². The molecule has 1 aliphatic rings. The van der Waals surface area contributed by atoms with Gasteiger partial charge in [-0.3, -0.25) is 0 Å². The Balaban J connectivity index is 1.98. The summed E-state index contributed by atoms with van der Waals surface area (Å²) in [6.07, 6.45) is 3.38. The first-order valence-corrected chi connectivity index (χ1v) is 8.96. The predicted molar refractivity (Wildman–Crippen MR) is 98.2 cm³/mol. The van der Waals surface area contributed by atoms with Crippen molar-refractivity contribution in [3.05, 3.63) is 48.0 Å². The maximum atomic E-state index is 11.8. The number of hydrogen-bond acceptors (Lipinski definition) is 2. The van der Waals surface area contributed by atoms with Crippen molar-refractivity contribution in [3.8, 4) is 11.8 Å². The summed E-state index contributed by atoms with van der Waals surface area (Å²) < 4.78 is 0. The van der Waals surface area contributed by atoms with E-state index in [0.29, 0.717) is 11.4 Å². The van der Waals surface area contributed by atoms with Gasteiger partial charge in [-0.2, -0.15) is 0 Å². The molecule has 1 amide bonds. The topological polar surface area (TPSA) is 40.5 Å². The molecule has 4 heteroatoms. The van der Waals surface area contributed by atoms with E-state index in [0.717, 1.165) is 28.2 Å². The number of anilines is 2. The van der Waals surface area contributed by atoms with Crippen LogP contribution in [-0.4, -0.2) is 11.2 Å². The van der Waals surface area contributed by atoms with E-state index in [-0.39, 0.29) is 0 Å². The summed E-state index contributed by atoms with van der Waals surface area (Å²) >= 11 is 1.59. The van der Waals surface area contributed by atoms with Crippen molar-refractivity contribution in [2.24, 2.45) is 0 Å². The van der Waals surface area contributed by atoms with Crippen LogP contribution in [0.2, 0.25) is 0 Å². The molecule has 0 atom stereocenters. The van der Waals surface area contributed by atoms with Gasteiger partial charge in [0.15, 0.2) is 0 Å². The third-order valence-corrected chi connectivity index (χ3v) is 5.07. The smallest absolute Gasteiger partial charge is 0.416 e. The Morgan fingerprint density at radius 1 is 1.12 bits per heavy atom. The van der Waals surface area contributed by atoms with Gasteiger partial charge in [0.1, 0.15) is 0 Å². The summed E-state index contributed by atoms with van der Waals surface area (Å²) in [6.45, 7) is 2.18. The molecule has 0 radical (unpaired) electrons. The van der Waals surface area contributed by atoms with Crippen LogP contribution in [0.25, 0.3) is 0 Å². The zero-order valence-corrected chi connectivity index (χ0v) is 14.4. The van der Waals surface area contributed by atoms with E-state index in [2.05, 4.69) is 18.8 Å². The molecule has 3 nitrogen and oxygen atoms in total. The second kappa shape index (κ2) is 7.46. The SMILES string of the molecule is CCCCCC#Cc1cccc2c1Sc1ccccc1N2C(=O)O. The number of para-hydroxylation sites is 1. The summed E-state index contributed by atoms with van der Waals surface area (Å²) in [7, 11) is 0. The molecule has 0 fully saturated rings. The van der Waals surface area contributed by atoms with Gasteiger partial charge in [-0.25, -0.2) is 9.69 Å². The number of amides is 1. The van der Waals surface area contributed by atoms with E-state index in [1.165, 1.54) is 17.7 Å². The molecular formula is C20H19NO2S. The minimum absolute atomic E-state index is 0.687. The zero-order chi connectivity index (χ0) is 16.9. The Morgan fingerprint density at radius 3 is 2.71 bits per heavy atom. The number of carboxylic acid groups (broad SMARTS) is 1. The largest absolute Gasteiger partial charge is 0.464 e. The lowest BCUT2D eigenvalue weighted by molar-refractivity contribution is 0.204. The van der Waals surface area contributed by atoms with E-state index in [1.807, 2.05) is 42.5 Å². The minimum atomic E-state index is -0.975. The zero-order valence-electron chi connectivity index (χ0n) is 13.6. The third-order valence-electron chi connectivity index (χ3n) is 3.87. The molecule has 0 spiro atoms. The molecule has 0 saturated heterocycles. The van der Waals surface area contributed by atoms with E-state index in [9.17, 15) is 9.90 Å². The van der Waals surface area contributed by atoms with Crippen LogP contribution >= 0.6 is 11.8 Å². The van der Waals surface area contributed by atoms with Crippen LogP contribution in [0.3, 0.4) is 0 Å². The highest BCUT2D eigenvalue weighted by molar-refractivity contribution is 7.99. The monoisotopic (exact) mass is 337 g/mol. The number of nitrogens with zero attached hydrogens (tertiary/aromatic N) is 1. The number of carbonyl (C=O) groups is 1. The Labute approximate surface area is 146 Å². The van der Waals surface area contributed by atoms with Crippen LogP contribution in [0.15, 0.2) is 52.3 Å². The highest BCUT2D eigenvalue weighted by Crippen LogP contribution is 2.49. The number of rotatable bonds is 3. The van der Waals surface area contributed by atoms with Gasteiger partial charge < -0.3 is 5.11 Å². The fraction of sp³-hybridized carbons (Fsp3) is 0.250. The van der Waals surface area contributed by atoms with Crippen molar-refractivity contribution in [2.75, 3.05) is 4.90 Å². The van der Waals surface area contributed by atoms with Gasteiger partial charge in [-0.1, -0.05) is 61.6 Å². The van der Waals surface area contributed by atoms with Crippen LogP contribution in [0, 0.1) is 11.8 Å². The average molecular weight is 337 g/mol. The third kappa shape index (κ3) is 3.27. The summed E-state index contributed by atoms with van der Waals surface area (Å²) in [5.41, 5.74) is 2.29. The molecule has 0 aromatic heterocycles. The first-order chi connectivity index (χ1) is 11.7. The number of benzene rings is 2. The lowest BCUT2D eigenvalue weighted by atomic mass is 10.1. The second-order valence-corrected chi connectivity index (χ2v) is 6.65. The highest BCUT2D eigenvalue weighted by atomic mass is 32.2. The van der Waals surface area contributed by atoms with E-state index >= 15 is 0 Å². The quantitative estimate of drug-likeness (QED) is 0.560. The van der Waals surface area contributed by atoms with Crippen molar-refractivity contribution in [1.29, 1.82) is 0 Å². The molecule has 0 aliphatic carbocycles. The number of hydrogen-bond donors (Lipinski definition) is 1. The molecule has 0 saturated carbocycles. The predicted octanol–water partition coefficient (Wildman–Crippen LogP) is 5.90. The van der Waals surface area contributed by atoms with Gasteiger partial charge in [0.25, 0.3) is 0 Å². The molecule has 2 aromatic carbocycles. The van der Waals surface area contributed by atoms with Crippen LogP contribution in [-0.2, 0) is 0 Å². The lowest BCUT2D eigenvalue weighted by Crippen LogP contribution is -2.26. The standard InChI is InChI=1S/C20H19NO2S/c1-2-3-4-5-6-10-15-11-9-13-17-19(15)24-18-14-8-7-12-16(18)21(17)20(22)23/h7-9,11-14H,2-5H2,1H3,(H,22,23). The van der Waals surface area contributed by atoms with Crippen molar-refractivity contribution in [1.82, 2.24) is 0 Å². The van der Waals surface area contributed by atoms with Gasteiger partial charge in [-0.05, 0) is 30.7 Å². The van der Waals surface area contributed by atoms with Crippen molar-refractivity contribution in [2.45, 2.75) is 42.4 Å². The fourth-order valence-electron chi connectivity index (χ4n) is 2.70. The number of fused-ring (bicyclic) bond motifs is 2. The Kier molecular flexibility index (Phi) is 5.12. The minimum Gasteiger partial charge on any atom is -0.464 e. The molecule has 24 heavy (non-hydrogen) atoms. The maximum absolute atomic E-state index is 11.8. The Hall–Kier alpha value is -2.38. The van der Waals surface area contributed by atoms with Gasteiger partial charge in [0.2, 0.25) is 0 Å². The molecule has 2 aromatic rings. The molecular weight excluding hydrogens is 318 g/mol. The summed E-state index contributed by atoms with van der Waals surface area (Å²) in [4.78, 5) is 15.0. The summed E-state index contributed by atoms with van der Waals surface area (Å²) in [6, 6.07) is 13.3. The van der Waals surface area contributed by atoms with Crippen LogP contribution in [0.4, 0.5) is 16.2 Å². The van der Waals surface area contributed by atoms with Gasteiger partial charge in [0.05, 0.1) is 16.3 Å². The highest BCUT2D eigenvalue weighted by Gasteiger charge is 2.28. The van der Waals surface area contributed by atoms with E-state index < -0.39 is 6.09 Å². The molecule has 3 rings (SSSR count). The van der Waals surface area contributed by atoms with Crippen molar-refractivity contribution >= 4 is 29.2 Å². The van der Waals surface area contributed by atoms with Gasteiger partial charge in [0, 0.05) is 16.9 Å². The van der Waals surface area contributed by atoms with Gasteiger partial charge >= 0.3 is 6.09 Å². The summed E-state index contributed by atoms with van der Waals surface area (Å²) in [5.74, 6) is 6.46. The van der Waals surface area contributed by atoms with E-state index in [1.54, 1.807) is 11.8 Å². The molecule has 1 heterocycles. The van der Waals surface area contributed by atoms with Crippen LogP contribution in [0.1, 0.15) is 38.2 Å². The molecule has 0 bridgehead atoms. The molecule has 1 aliphatic heterocycles. The Bertz CT molecular complexity index is 820. The first kappa shape index (κ1) is 16.5. The molecule has 1 N–H and O–H groups in total. The normalized spacial score (nSPS) is 12.0. The lowest BCUT2D eigenvalue weighted by Gasteiger charge is -2.29. The van der Waals surface area contributed by atoms with Crippen molar-refractivity contribution < 1.29 is 9.90 Å². The number of unbranched alkanes of at least 4 members (excludes halogenated alkanes) is 3. The van der Waals surface area contributed by atoms with E-state index in [4.69, 9.17) is 0 Å². The fourth-order valence-corrected chi connectivity index (χ4v) is 3.83. The van der Waals surface area contributed by atoms with Crippen LogP contribution in [0.5, 0.6) is 0 Å². The molecule has 122 valence electrons. The van der Waals surface area contributed by atoms with Gasteiger partial charge in [-0.15, -0.1) is 0 Å². The molecule has 0 unspecified atom stereocenters.